The number of amidine groups is 1. The van der Waals surface area contributed by atoms with Crippen LogP contribution in [0, 0.1) is 12.3 Å². The summed E-state index contributed by atoms with van der Waals surface area (Å²) >= 11 is 1.62. The van der Waals surface area contributed by atoms with Gasteiger partial charge in [0.25, 0.3) is 0 Å². The van der Waals surface area contributed by atoms with E-state index in [0.29, 0.717) is 0 Å². The van der Waals surface area contributed by atoms with Crippen LogP contribution in [0.15, 0.2) is 47.4 Å². The molecule has 0 unspecified atom stereocenters. The predicted octanol–water partition coefficient (Wildman–Crippen LogP) is 3.64. The molecule has 2 rings (SSSR count). The summed E-state index contributed by atoms with van der Waals surface area (Å²) in [6, 6.07) is 14.4. The zero-order valence-corrected chi connectivity index (χ0v) is 13.5. The van der Waals surface area contributed by atoms with Gasteiger partial charge in [0.2, 0.25) is 0 Å². The Labute approximate surface area is 130 Å². The summed E-state index contributed by atoms with van der Waals surface area (Å²) < 4.78 is 0. The molecule has 0 heterocycles. The van der Waals surface area contributed by atoms with E-state index < -0.39 is 0 Å². The molecule has 0 aliphatic carbocycles. The van der Waals surface area contributed by atoms with E-state index in [1.54, 1.807) is 11.8 Å². The van der Waals surface area contributed by atoms with Gasteiger partial charge in [-0.25, -0.2) is 0 Å². The molecule has 0 spiro atoms. The molecule has 4 heteroatoms. The van der Waals surface area contributed by atoms with Gasteiger partial charge in [0, 0.05) is 24.2 Å². The smallest absolute Gasteiger partial charge is 0.126 e. The summed E-state index contributed by atoms with van der Waals surface area (Å²) in [6.07, 6.45) is 2.01. The van der Waals surface area contributed by atoms with Crippen LogP contribution in [0.2, 0.25) is 0 Å². The number of nitrogens with zero attached hydrogens (tertiary/aromatic N) is 1. The third kappa shape index (κ3) is 3.39. The Kier molecular flexibility index (Phi) is 4.91. The fraction of sp³-hybridized carbons (Fsp3) is 0.235. The van der Waals surface area contributed by atoms with Crippen LogP contribution < -0.4 is 10.6 Å². The van der Waals surface area contributed by atoms with Crippen molar-refractivity contribution in [2.45, 2.75) is 18.4 Å². The average molecular weight is 299 g/mol. The van der Waals surface area contributed by atoms with Crippen LogP contribution in [0.3, 0.4) is 0 Å². The molecule has 0 aromatic heterocycles. The molecule has 0 aliphatic rings. The molecule has 3 nitrogen and oxygen atoms in total. The van der Waals surface area contributed by atoms with Gasteiger partial charge in [-0.2, -0.15) is 0 Å². The minimum atomic E-state index is 0.117. The standard InChI is InChI=1S/C17H21N3S/c1-12-7-4-5-8-13(12)11-20(2)14-9-6-10-15(21-3)16(14)17(18)19/h4-10H,11H2,1-3H3,(H3,18,19). The number of hydrogen-bond acceptors (Lipinski definition) is 3. The van der Waals surface area contributed by atoms with Crippen LogP contribution in [0.25, 0.3) is 0 Å². The molecule has 0 bridgehead atoms. The first-order chi connectivity index (χ1) is 10.0. The van der Waals surface area contributed by atoms with Gasteiger partial charge in [0.15, 0.2) is 0 Å². The van der Waals surface area contributed by atoms with Gasteiger partial charge < -0.3 is 10.6 Å². The first-order valence-electron chi connectivity index (χ1n) is 6.81. The molecular formula is C17H21N3S. The molecule has 0 amide bonds. The van der Waals surface area contributed by atoms with Crippen LogP contribution in [-0.4, -0.2) is 19.1 Å². The number of hydrogen-bond donors (Lipinski definition) is 2. The van der Waals surface area contributed by atoms with Crippen molar-refractivity contribution in [3.8, 4) is 0 Å². The van der Waals surface area contributed by atoms with E-state index in [2.05, 4.69) is 30.0 Å². The molecule has 2 aromatic carbocycles. The summed E-state index contributed by atoms with van der Waals surface area (Å²) in [7, 11) is 2.04. The number of anilines is 1. The molecule has 0 saturated carbocycles. The molecule has 2 aromatic rings. The molecular weight excluding hydrogens is 278 g/mol. The van der Waals surface area contributed by atoms with Crippen molar-refractivity contribution in [2.24, 2.45) is 5.73 Å². The Bertz CT molecular complexity index is 652. The van der Waals surface area contributed by atoms with Crippen LogP contribution in [0.5, 0.6) is 0 Å². The molecule has 21 heavy (non-hydrogen) atoms. The fourth-order valence-corrected chi connectivity index (χ4v) is 3.04. The lowest BCUT2D eigenvalue weighted by atomic mass is 10.1. The van der Waals surface area contributed by atoms with E-state index in [-0.39, 0.29) is 5.84 Å². The van der Waals surface area contributed by atoms with Crippen molar-refractivity contribution in [1.29, 1.82) is 5.41 Å². The maximum absolute atomic E-state index is 7.87. The van der Waals surface area contributed by atoms with E-state index in [1.807, 2.05) is 37.6 Å². The minimum absolute atomic E-state index is 0.117. The molecule has 0 aliphatic heterocycles. The molecule has 0 saturated heterocycles. The highest BCUT2D eigenvalue weighted by molar-refractivity contribution is 7.98. The SMILES string of the molecule is CSc1cccc(N(C)Cc2ccccc2C)c1C(=N)N. The topological polar surface area (TPSA) is 53.1 Å². The third-order valence-electron chi connectivity index (χ3n) is 3.57. The second-order valence-electron chi connectivity index (χ2n) is 5.05. The van der Waals surface area contributed by atoms with Crippen molar-refractivity contribution in [3.63, 3.8) is 0 Å². The zero-order valence-electron chi connectivity index (χ0n) is 12.7. The van der Waals surface area contributed by atoms with Crippen LogP contribution in [0.4, 0.5) is 5.69 Å². The summed E-state index contributed by atoms with van der Waals surface area (Å²) in [6.45, 7) is 2.91. The van der Waals surface area contributed by atoms with Gasteiger partial charge in [-0.05, 0) is 36.4 Å². The number of nitrogen functional groups attached to an aromatic ring is 1. The quantitative estimate of drug-likeness (QED) is 0.503. The lowest BCUT2D eigenvalue weighted by molar-refractivity contribution is 0.909. The van der Waals surface area contributed by atoms with Crippen molar-refractivity contribution >= 4 is 23.3 Å². The van der Waals surface area contributed by atoms with Crippen molar-refractivity contribution in [1.82, 2.24) is 0 Å². The lowest BCUT2D eigenvalue weighted by Crippen LogP contribution is -2.23. The van der Waals surface area contributed by atoms with E-state index >= 15 is 0 Å². The monoisotopic (exact) mass is 299 g/mol. The average Bonchev–Trinajstić information content (AvgIpc) is 2.48. The highest BCUT2D eigenvalue weighted by Crippen LogP contribution is 2.29. The molecule has 0 radical (unpaired) electrons. The van der Waals surface area contributed by atoms with E-state index in [4.69, 9.17) is 11.1 Å². The molecule has 3 N–H and O–H groups in total. The van der Waals surface area contributed by atoms with Crippen LogP contribution >= 0.6 is 11.8 Å². The van der Waals surface area contributed by atoms with E-state index in [9.17, 15) is 0 Å². The number of benzene rings is 2. The molecule has 110 valence electrons. The first-order valence-corrected chi connectivity index (χ1v) is 8.04. The Morgan fingerprint density at radius 3 is 2.52 bits per heavy atom. The normalized spacial score (nSPS) is 10.4. The highest BCUT2D eigenvalue weighted by atomic mass is 32.2. The van der Waals surface area contributed by atoms with Crippen molar-refractivity contribution < 1.29 is 0 Å². The highest BCUT2D eigenvalue weighted by Gasteiger charge is 2.14. The number of nitrogens with two attached hydrogens (primary N) is 1. The maximum atomic E-state index is 7.87. The van der Waals surface area contributed by atoms with Gasteiger partial charge >= 0.3 is 0 Å². The summed E-state index contributed by atoms with van der Waals surface area (Å²) in [5.74, 6) is 0.117. The number of rotatable bonds is 5. The Morgan fingerprint density at radius 1 is 1.19 bits per heavy atom. The van der Waals surface area contributed by atoms with Gasteiger partial charge in [-0.3, -0.25) is 5.41 Å². The number of thioether (sulfide) groups is 1. The lowest BCUT2D eigenvalue weighted by Gasteiger charge is -2.24. The predicted molar refractivity (Wildman–Crippen MR) is 92.5 cm³/mol. The van der Waals surface area contributed by atoms with E-state index in [0.717, 1.165) is 22.7 Å². The Morgan fingerprint density at radius 2 is 1.90 bits per heavy atom. The largest absolute Gasteiger partial charge is 0.384 e. The van der Waals surface area contributed by atoms with Crippen molar-refractivity contribution in [2.75, 3.05) is 18.2 Å². The summed E-state index contributed by atoms with van der Waals surface area (Å²) in [5.41, 5.74) is 10.2. The second-order valence-corrected chi connectivity index (χ2v) is 5.90. The van der Waals surface area contributed by atoms with E-state index in [1.165, 1.54) is 11.1 Å². The number of aryl methyl sites for hydroxylation is 1. The van der Waals surface area contributed by atoms with Gasteiger partial charge in [-0.1, -0.05) is 30.3 Å². The van der Waals surface area contributed by atoms with Crippen LogP contribution in [-0.2, 0) is 6.54 Å². The second kappa shape index (κ2) is 6.68. The van der Waals surface area contributed by atoms with Crippen LogP contribution in [0.1, 0.15) is 16.7 Å². The maximum Gasteiger partial charge on any atom is 0.126 e. The summed E-state index contributed by atoms with van der Waals surface area (Å²) in [4.78, 5) is 3.19. The molecule has 0 atom stereocenters. The first kappa shape index (κ1) is 15.4. The molecule has 0 fully saturated rings. The Hall–Kier alpha value is -1.94. The fourth-order valence-electron chi connectivity index (χ4n) is 2.41. The zero-order chi connectivity index (χ0) is 15.4. The van der Waals surface area contributed by atoms with Crippen molar-refractivity contribution in [3.05, 3.63) is 59.2 Å². The number of nitrogens with one attached hydrogen (secondary N) is 1. The van der Waals surface area contributed by atoms with Gasteiger partial charge in [0.1, 0.15) is 5.84 Å². The summed E-state index contributed by atoms with van der Waals surface area (Å²) in [5, 5.41) is 7.87. The van der Waals surface area contributed by atoms with Gasteiger partial charge in [-0.15, -0.1) is 11.8 Å². The van der Waals surface area contributed by atoms with Gasteiger partial charge in [0.05, 0.1) is 5.56 Å². The minimum Gasteiger partial charge on any atom is -0.384 e. The third-order valence-corrected chi connectivity index (χ3v) is 4.35. The Balaban J connectivity index is 2.37.